The van der Waals surface area contributed by atoms with Gasteiger partial charge in [0.05, 0.1) is 12.8 Å². The number of hydrogen-bond donors (Lipinski definition) is 2. The first-order valence-corrected chi connectivity index (χ1v) is 11.2. The fourth-order valence-electron chi connectivity index (χ4n) is 4.30. The van der Waals surface area contributed by atoms with Gasteiger partial charge in [0.15, 0.2) is 5.57 Å². The van der Waals surface area contributed by atoms with Crippen LogP contribution in [0.2, 0.25) is 0 Å². The van der Waals surface area contributed by atoms with E-state index in [9.17, 15) is 20.1 Å². The number of anilines is 1. The molecule has 2 aliphatic heterocycles. The standard InChI is InChI=1S/C24H26N6O3/c25-14-18(15-26)23(27-19-6-7-21-17(13-19)8-12-33-21)28-20-5-1-2-11-30(24(20)32)16-22(31)29-9-3-4-10-29/h6-8,12-13,20,27-28H,1-5,9-11,16H2/t20-/m0/s1. The van der Waals surface area contributed by atoms with Gasteiger partial charge in [0, 0.05) is 30.7 Å². The lowest BCUT2D eigenvalue weighted by atomic mass is 10.1. The summed E-state index contributed by atoms with van der Waals surface area (Å²) in [6.45, 7) is 2.07. The van der Waals surface area contributed by atoms with Crippen molar-refractivity contribution in [2.24, 2.45) is 0 Å². The van der Waals surface area contributed by atoms with Gasteiger partial charge in [-0.3, -0.25) is 9.59 Å². The maximum absolute atomic E-state index is 13.3. The van der Waals surface area contributed by atoms with Crippen LogP contribution in [-0.4, -0.2) is 53.8 Å². The monoisotopic (exact) mass is 446 g/mol. The zero-order valence-electron chi connectivity index (χ0n) is 18.3. The van der Waals surface area contributed by atoms with Crippen molar-refractivity contribution in [2.75, 3.05) is 31.5 Å². The van der Waals surface area contributed by atoms with E-state index >= 15 is 0 Å². The first kappa shape index (κ1) is 22.2. The van der Waals surface area contributed by atoms with Crippen molar-refractivity contribution in [3.05, 3.63) is 41.9 Å². The molecule has 2 N–H and O–H groups in total. The van der Waals surface area contributed by atoms with Crippen molar-refractivity contribution in [1.29, 1.82) is 10.5 Å². The lowest BCUT2D eigenvalue weighted by Crippen LogP contribution is -2.49. The summed E-state index contributed by atoms with van der Waals surface area (Å²) in [4.78, 5) is 29.3. The lowest BCUT2D eigenvalue weighted by Gasteiger charge is -2.27. The Hall–Kier alpha value is -3.98. The molecule has 1 aromatic carbocycles. The third-order valence-electron chi connectivity index (χ3n) is 6.08. The zero-order chi connectivity index (χ0) is 23.2. The second-order valence-corrected chi connectivity index (χ2v) is 8.31. The van der Waals surface area contributed by atoms with Gasteiger partial charge < -0.3 is 24.9 Å². The van der Waals surface area contributed by atoms with Crippen molar-refractivity contribution in [1.82, 2.24) is 15.1 Å². The fourth-order valence-corrected chi connectivity index (χ4v) is 4.30. The molecule has 3 heterocycles. The van der Waals surface area contributed by atoms with E-state index in [2.05, 4.69) is 10.6 Å². The molecule has 1 aromatic heterocycles. The Morgan fingerprint density at radius 3 is 2.61 bits per heavy atom. The van der Waals surface area contributed by atoms with E-state index in [1.54, 1.807) is 23.3 Å². The Bertz CT molecular complexity index is 1130. The smallest absolute Gasteiger partial charge is 0.245 e. The Balaban J connectivity index is 1.52. The largest absolute Gasteiger partial charge is 0.464 e. The molecular weight excluding hydrogens is 420 g/mol. The minimum absolute atomic E-state index is 0.0291. The number of nitriles is 2. The molecule has 0 unspecified atom stereocenters. The summed E-state index contributed by atoms with van der Waals surface area (Å²) in [7, 11) is 0. The number of furan rings is 1. The number of nitrogens with zero attached hydrogens (tertiary/aromatic N) is 4. The summed E-state index contributed by atoms with van der Waals surface area (Å²) in [5.74, 6) is -0.0488. The van der Waals surface area contributed by atoms with Crippen LogP contribution < -0.4 is 10.6 Å². The molecule has 4 rings (SSSR count). The number of carbonyl (C=O) groups is 2. The van der Waals surface area contributed by atoms with E-state index in [1.165, 1.54) is 0 Å². The van der Waals surface area contributed by atoms with Crippen LogP contribution in [0.4, 0.5) is 5.69 Å². The van der Waals surface area contributed by atoms with E-state index in [0.29, 0.717) is 18.7 Å². The van der Waals surface area contributed by atoms with Gasteiger partial charge in [0.1, 0.15) is 29.6 Å². The summed E-state index contributed by atoms with van der Waals surface area (Å²) in [6, 6.07) is 10.4. The van der Waals surface area contributed by atoms with E-state index in [4.69, 9.17) is 4.42 Å². The molecule has 2 aliphatic rings. The molecule has 2 saturated heterocycles. The highest BCUT2D eigenvalue weighted by Gasteiger charge is 2.31. The first-order valence-electron chi connectivity index (χ1n) is 11.2. The SMILES string of the molecule is N#CC(C#N)=C(Nc1ccc2occc2c1)N[C@H]1CCCCN(CC(=O)N2CCCC2)C1=O. The number of allylic oxidation sites excluding steroid dienone is 1. The Morgan fingerprint density at radius 2 is 1.85 bits per heavy atom. The van der Waals surface area contributed by atoms with Crippen LogP contribution in [-0.2, 0) is 9.59 Å². The van der Waals surface area contributed by atoms with Crippen molar-refractivity contribution in [3.8, 4) is 12.1 Å². The van der Waals surface area contributed by atoms with Gasteiger partial charge >= 0.3 is 0 Å². The molecule has 0 radical (unpaired) electrons. The van der Waals surface area contributed by atoms with Gasteiger partial charge in [-0.15, -0.1) is 0 Å². The molecule has 0 saturated carbocycles. The molecule has 1 atom stereocenters. The van der Waals surface area contributed by atoms with E-state index in [1.807, 2.05) is 29.2 Å². The summed E-state index contributed by atoms with van der Waals surface area (Å²) >= 11 is 0. The molecule has 9 heteroatoms. The summed E-state index contributed by atoms with van der Waals surface area (Å²) < 4.78 is 5.36. The number of amides is 2. The molecule has 0 bridgehead atoms. The van der Waals surface area contributed by atoms with Gasteiger partial charge in [-0.1, -0.05) is 0 Å². The third kappa shape index (κ3) is 5.09. The Kier molecular flexibility index (Phi) is 6.80. The highest BCUT2D eigenvalue weighted by atomic mass is 16.3. The molecule has 33 heavy (non-hydrogen) atoms. The number of hydrogen-bond acceptors (Lipinski definition) is 7. The summed E-state index contributed by atoms with van der Waals surface area (Å²) in [5.41, 5.74) is 1.22. The van der Waals surface area contributed by atoms with Crippen LogP contribution in [0.1, 0.15) is 32.1 Å². The van der Waals surface area contributed by atoms with Gasteiger partial charge in [0.25, 0.3) is 0 Å². The highest BCUT2D eigenvalue weighted by molar-refractivity contribution is 5.88. The number of fused-ring (bicyclic) bond motifs is 1. The fraction of sp³-hybridized carbons (Fsp3) is 0.417. The van der Waals surface area contributed by atoms with Crippen LogP contribution >= 0.6 is 0 Å². The van der Waals surface area contributed by atoms with Crippen LogP contribution in [0.15, 0.2) is 46.3 Å². The average Bonchev–Trinajstić information content (AvgIpc) is 3.49. The van der Waals surface area contributed by atoms with Crippen LogP contribution in [0, 0.1) is 22.7 Å². The van der Waals surface area contributed by atoms with Gasteiger partial charge in [-0.05, 0) is 56.4 Å². The highest BCUT2D eigenvalue weighted by Crippen LogP contribution is 2.22. The van der Waals surface area contributed by atoms with E-state index < -0.39 is 6.04 Å². The molecule has 9 nitrogen and oxygen atoms in total. The van der Waals surface area contributed by atoms with Crippen LogP contribution in [0.5, 0.6) is 0 Å². The minimum Gasteiger partial charge on any atom is -0.464 e. The van der Waals surface area contributed by atoms with E-state index in [0.717, 1.165) is 49.7 Å². The van der Waals surface area contributed by atoms with Gasteiger partial charge in [0.2, 0.25) is 11.8 Å². The minimum atomic E-state index is -0.643. The number of carbonyl (C=O) groups excluding carboxylic acids is 2. The molecular formula is C24H26N6O3. The predicted molar refractivity (Wildman–Crippen MR) is 121 cm³/mol. The molecule has 2 fully saturated rings. The molecule has 0 aliphatic carbocycles. The average molecular weight is 447 g/mol. The number of nitrogens with one attached hydrogen (secondary N) is 2. The van der Waals surface area contributed by atoms with Crippen molar-refractivity contribution >= 4 is 28.5 Å². The van der Waals surface area contributed by atoms with Crippen LogP contribution in [0.3, 0.4) is 0 Å². The van der Waals surface area contributed by atoms with Crippen molar-refractivity contribution in [3.63, 3.8) is 0 Å². The predicted octanol–water partition coefficient (Wildman–Crippen LogP) is 2.70. The topological polar surface area (TPSA) is 125 Å². The number of likely N-dealkylation sites (tertiary alicyclic amines) is 2. The number of rotatable bonds is 6. The molecule has 2 amide bonds. The van der Waals surface area contributed by atoms with Gasteiger partial charge in [-0.2, -0.15) is 10.5 Å². The lowest BCUT2D eigenvalue weighted by molar-refractivity contribution is -0.140. The summed E-state index contributed by atoms with van der Waals surface area (Å²) in [6.07, 6.45) is 5.72. The third-order valence-corrected chi connectivity index (χ3v) is 6.08. The Labute approximate surface area is 192 Å². The quantitative estimate of drug-likeness (QED) is 0.654. The van der Waals surface area contributed by atoms with Crippen molar-refractivity contribution in [2.45, 2.75) is 38.1 Å². The number of benzene rings is 1. The van der Waals surface area contributed by atoms with Gasteiger partial charge in [-0.25, -0.2) is 0 Å². The molecule has 2 aromatic rings. The second kappa shape index (κ2) is 10.1. The molecule has 170 valence electrons. The maximum atomic E-state index is 13.3. The zero-order valence-corrected chi connectivity index (χ0v) is 18.3. The van der Waals surface area contributed by atoms with Crippen LogP contribution in [0.25, 0.3) is 11.0 Å². The maximum Gasteiger partial charge on any atom is 0.245 e. The first-order chi connectivity index (χ1) is 16.1. The normalized spacial score (nSPS) is 18.4. The summed E-state index contributed by atoms with van der Waals surface area (Å²) in [5, 5.41) is 26.0. The second-order valence-electron chi connectivity index (χ2n) is 8.31. The molecule has 0 spiro atoms. The Morgan fingerprint density at radius 1 is 1.09 bits per heavy atom. The van der Waals surface area contributed by atoms with E-state index in [-0.39, 0.29) is 29.8 Å². The van der Waals surface area contributed by atoms with Crippen molar-refractivity contribution < 1.29 is 14.0 Å².